The van der Waals surface area contributed by atoms with E-state index in [2.05, 4.69) is 36.3 Å². The number of nitrogens with zero attached hydrogens (tertiary/aromatic N) is 1. The van der Waals surface area contributed by atoms with Crippen LogP contribution >= 0.6 is 0 Å². The van der Waals surface area contributed by atoms with Crippen LogP contribution < -0.4 is 0 Å². The van der Waals surface area contributed by atoms with E-state index < -0.39 is 0 Å². The molecule has 1 aromatic rings. The summed E-state index contributed by atoms with van der Waals surface area (Å²) in [5.41, 5.74) is 3.92. The van der Waals surface area contributed by atoms with Crippen molar-refractivity contribution < 1.29 is 4.84 Å². The first-order chi connectivity index (χ1) is 6.86. The summed E-state index contributed by atoms with van der Waals surface area (Å²) in [6.07, 6.45) is 2.53. The summed E-state index contributed by atoms with van der Waals surface area (Å²) in [4.78, 5) is 5.48. The number of oxime groups is 1. The van der Waals surface area contributed by atoms with Crippen molar-refractivity contribution in [1.29, 1.82) is 0 Å². The van der Waals surface area contributed by atoms with Crippen LogP contribution in [-0.4, -0.2) is 5.71 Å². The average Bonchev–Trinajstić information content (AvgIpc) is 2.61. The lowest BCUT2D eigenvalue weighted by Gasteiger charge is -2.25. The van der Waals surface area contributed by atoms with Gasteiger partial charge in [-0.3, -0.25) is 0 Å². The molecular weight excluding hydrogens is 174 g/mol. The van der Waals surface area contributed by atoms with Crippen molar-refractivity contribution in [2.45, 2.75) is 25.9 Å². The van der Waals surface area contributed by atoms with Crippen molar-refractivity contribution in [2.24, 2.45) is 11.1 Å². The van der Waals surface area contributed by atoms with Gasteiger partial charge in [-0.15, -0.1) is 0 Å². The molecule has 0 saturated heterocycles. The summed E-state index contributed by atoms with van der Waals surface area (Å²) in [6.45, 7) is 2.07. The zero-order valence-electron chi connectivity index (χ0n) is 8.23. The van der Waals surface area contributed by atoms with Crippen molar-refractivity contribution in [1.82, 2.24) is 0 Å². The molecule has 2 heteroatoms. The van der Waals surface area contributed by atoms with Crippen LogP contribution in [0.25, 0.3) is 0 Å². The summed E-state index contributed by atoms with van der Waals surface area (Å²) in [6, 6.07) is 8.54. The molecular formula is C12H13NO. The number of fused-ring (bicyclic) bond motifs is 3. The SMILES string of the molecule is CC1=NOC2c3ccccc3CCC12. The standard InChI is InChI=1S/C12H13NO/c1-8-10-7-6-9-4-2-3-5-11(9)12(10)14-13-8/h2-5,10,12H,6-7H2,1H3. The molecule has 0 aromatic heterocycles. The molecule has 0 spiro atoms. The lowest BCUT2D eigenvalue weighted by atomic mass is 9.80. The molecule has 2 nitrogen and oxygen atoms in total. The van der Waals surface area contributed by atoms with E-state index in [0.29, 0.717) is 5.92 Å². The first-order valence-electron chi connectivity index (χ1n) is 5.14. The van der Waals surface area contributed by atoms with E-state index in [4.69, 9.17) is 4.84 Å². The van der Waals surface area contributed by atoms with Gasteiger partial charge in [-0.1, -0.05) is 29.4 Å². The van der Waals surface area contributed by atoms with Gasteiger partial charge in [-0.25, -0.2) is 0 Å². The predicted octanol–water partition coefficient (Wildman–Crippen LogP) is 2.70. The summed E-state index contributed by atoms with van der Waals surface area (Å²) < 4.78 is 0. The molecule has 72 valence electrons. The van der Waals surface area contributed by atoms with Crippen LogP contribution in [0.5, 0.6) is 0 Å². The highest BCUT2D eigenvalue weighted by Crippen LogP contribution is 2.41. The van der Waals surface area contributed by atoms with Crippen molar-refractivity contribution in [3.8, 4) is 0 Å². The Labute approximate surface area is 83.6 Å². The molecule has 0 bridgehead atoms. The Hall–Kier alpha value is -1.31. The minimum absolute atomic E-state index is 0.194. The van der Waals surface area contributed by atoms with Crippen molar-refractivity contribution in [2.75, 3.05) is 0 Å². The summed E-state index contributed by atoms with van der Waals surface area (Å²) in [7, 11) is 0. The zero-order valence-corrected chi connectivity index (χ0v) is 8.23. The molecule has 2 atom stereocenters. The van der Waals surface area contributed by atoms with Gasteiger partial charge in [0.15, 0.2) is 6.10 Å². The maximum Gasteiger partial charge on any atom is 0.160 e. The predicted molar refractivity (Wildman–Crippen MR) is 55.2 cm³/mol. The second kappa shape index (κ2) is 2.84. The van der Waals surface area contributed by atoms with E-state index in [1.54, 1.807) is 0 Å². The molecule has 14 heavy (non-hydrogen) atoms. The first-order valence-corrected chi connectivity index (χ1v) is 5.14. The highest BCUT2D eigenvalue weighted by atomic mass is 16.6. The summed E-state index contributed by atoms with van der Waals surface area (Å²) >= 11 is 0. The van der Waals surface area contributed by atoms with E-state index in [0.717, 1.165) is 12.1 Å². The fraction of sp³-hybridized carbons (Fsp3) is 0.417. The molecule has 3 rings (SSSR count). The van der Waals surface area contributed by atoms with Gasteiger partial charge in [0.25, 0.3) is 0 Å². The number of hydrogen-bond acceptors (Lipinski definition) is 2. The Bertz CT molecular complexity index is 397. The highest BCUT2D eigenvalue weighted by molar-refractivity contribution is 5.86. The van der Waals surface area contributed by atoms with Gasteiger partial charge in [-0.2, -0.15) is 0 Å². The van der Waals surface area contributed by atoms with Gasteiger partial charge in [0, 0.05) is 5.92 Å². The number of aryl methyl sites for hydroxylation is 1. The first kappa shape index (κ1) is 8.04. The van der Waals surface area contributed by atoms with Gasteiger partial charge < -0.3 is 4.84 Å². The Balaban J connectivity index is 2.05. The Morgan fingerprint density at radius 2 is 2.21 bits per heavy atom. The minimum atomic E-state index is 0.194. The monoisotopic (exact) mass is 187 g/mol. The topological polar surface area (TPSA) is 21.6 Å². The molecule has 1 aromatic carbocycles. The maximum atomic E-state index is 5.48. The van der Waals surface area contributed by atoms with E-state index >= 15 is 0 Å². The van der Waals surface area contributed by atoms with Crippen LogP contribution in [0, 0.1) is 5.92 Å². The van der Waals surface area contributed by atoms with Crippen LogP contribution in [-0.2, 0) is 11.3 Å². The van der Waals surface area contributed by atoms with Gasteiger partial charge in [0.2, 0.25) is 0 Å². The van der Waals surface area contributed by atoms with Crippen molar-refractivity contribution in [3.63, 3.8) is 0 Å². The fourth-order valence-electron chi connectivity index (χ4n) is 2.48. The van der Waals surface area contributed by atoms with Crippen molar-refractivity contribution in [3.05, 3.63) is 35.4 Å². The highest BCUT2D eigenvalue weighted by Gasteiger charge is 2.36. The lowest BCUT2D eigenvalue weighted by Crippen LogP contribution is -2.21. The molecule has 0 N–H and O–H groups in total. The second-order valence-corrected chi connectivity index (χ2v) is 4.10. The third kappa shape index (κ3) is 0.999. The molecule has 0 amide bonds. The summed E-state index contributed by atoms with van der Waals surface area (Å²) in [5.74, 6) is 0.518. The zero-order chi connectivity index (χ0) is 9.54. The molecule has 0 saturated carbocycles. The minimum Gasteiger partial charge on any atom is -0.387 e. The molecule has 2 unspecified atom stereocenters. The van der Waals surface area contributed by atoms with Crippen LogP contribution in [0.1, 0.15) is 30.6 Å². The lowest BCUT2D eigenvalue weighted by molar-refractivity contribution is 0.0542. The van der Waals surface area contributed by atoms with E-state index in [1.165, 1.54) is 17.5 Å². The van der Waals surface area contributed by atoms with Gasteiger partial charge in [0.1, 0.15) is 0 Å². The number of benzene rings is 1. The molecule has 0 radical (unpaired) electrons. The van der Waals surface area contributed by atoms with E-state index in [1.807, 2.05) is 0 Å². The smallest absolute Gasteiger partial charge is 0.160 e. The largest absolute Gasteiger partial charge is 0.387 e. The number of rotatable bonds is 0. The quantitative estimate of drug-likeness (QED) is 0.612. The Morgan fingerprint density at radius 1 is 1.36 bits per heavy atom. The third-order valence-corrected chi connectivity index (χ3v) is 3.30. The summed E-state index contributed by atoms with van der Waals surface area (Å²) in [5, 5.41) is 4.10. The van der Waals surface area contributed by atoms with Gasteiger partial charge >= 0.3 is 0 Å². The van der Waals surface area contributed by atoms with E-state index in [9.17, 15) is 0 Å². The van der Waals surface area contributed by atoms with Gasteiger partial charge in [-0.05, 0) is 30.9 Å². The molecule has 2 aliphatic rings. The Morgan fingerprint density at radius 3 is 3.14 bits per heavy atom. The van der Waals surface area contributed by atoms with Crippen LogP contribution in [0.3, 0.4) is 0 Å². The maximum absolute atomic E-state index is 5.48. The molecule has 1 aliphatic carbocycles. The van der Waals surface area contributed by atoms with E-state index in [-0.39, 0.29) is 6.10 Å². The molecule has 0 fully saturated rings. The second-order valence-electron chi connectivity index (χ2n) is 4.10. The van der Waals surface area contributed by atoms with Gasteiger partial charge in [0.05, 0.1) is 5.71 Å². The van der Waals surface area contributed by atoms with Crippen LogP contribution in [0.15, 0.2) is 29.4 Å². The van der Waals surface area contributed by atoms with Crippen LogP contribution in [0.2, 0.25) is 0 Å². The fourth-order valence-corrected chi connectivity index (χ4v) is 2.48. The van der Waals surface area contributed by atoms with Crippen LogP contribution in [0.4, 0.5) is 0 Å². The third-order valence-electron chi connectivity index (χ3n) is 3.30. The average molecular weight is 187 g/mol. The normalized spacial score (nSPS) is 28.8. The number of hydrogen-bond donors (Lipinski definition) is 0. The Kier molecular flexibility index (Phi) is 1.63. The van der Waals surface area contributed by atoms with Crippen molar-refractivity contribution >= 4 is 5.71 Å². The molecule has 1 aliphatic heterocycles. The molecule has 1 heterocycles.